The van der Waals surface area contributed by atoms with Crippen LogP contribution >= 0.6 is 27.7 Å². The number of fused-ring (bicyclic) bond motifs is 1. The van der Waals surface area contributed by atoms with E-state index in [0.29, 0.717) is 0 Å². The molecule has 3 aromatic carbocycles. The van der Waals surface area contributed by atoms with E-state index in [-0.39, 0.29) is 24.1 Å². The van der Waals surface area contributed by atoms with Crippen molar-refractivity contribution in [1.29, 1.82) is 0 Å². The van der Waals surface area contributed by atoms with Crippen LogP contribution in [0.4, 0.5) is 5.69 Å². The van der Waals surface area contributed by atoms with Crippen molar-refractivity contribution in [2.75, 3.05) is 17.6 Å². The molecule has 0 aliphatic heterocycles. The smallest absolute Gasteiger partial charge is 0.243 e. The maximum atomic E-state index is 12.0. The van der Waals surface area contributed by atoms with Crippen LogP contribution in [0, 0.1) is 6.92 Å². The average Bonchev–Trinajstić information content (AvgIpc) is 2.67. The number of carbonyl (C=O) groups is 2. The number of hydrogen-bond donors (Lipinski definition) is 2. The molecule has 0 saturated heterocycles. The highest BCUT2D eigenvalue weighted by Gasteiger charge is 2.08. The first kappa shape index (κ1) is 19.5. The van der Waals surface area contributed by atoms with E-state index >= 15 is 0 Å². The molecule has 3 aromatic rings. The van der Waals surface area contributed by atoms with Gasteiger partial charge in [-0.15, -0.1) is 11.8 Å². The van der Waals surface area contributed by atoms with E-state index in [1.807, 2.05) is 55.5 Å². The van der Waals surface area contributed by atoms with Gasteiger partial charge in [0, 0.05) is 15.1 Å². The van der Waals surface area contributed by atoms with E-state index < -0.39 is 0 Å². The van der Waals surface area contributed by atoms with E-state index in [4.69, 9.17) is 0 Å². The Morgan fingerprint density at radius 1 is 0.963 bits per heavy atom. The Bertz CT molecular complexity index is 991. The summed E-state index contributed by atoms with van der Waals surface area (Å²) < 4.78 is 0.956. The van der Waals surface area contributed by atoms with Crippen LogP contribution in [0.15, 0.2) is 70.0 Å². The van der Waals surface area contributed by atoms with Crippen molar-refractivity contribution in [1.82, 2.24) is 5.32 Å². The summed E-state index contributed by atoms with van der Waals surface area (Å²) in [7, 11) is 0. The maximum absolute atomic E-state index is 12.0. The summed E-state index contributed by atoms with van der Waals surface area (Å²) in [5, 5.41) is 7.78. The van der Waals surface area contributed by atoms with Gasteiger partial charge in [-0.25, -0.2) is 0 Å². The second-order valence-electron chi connectivity index (χ2n) is 6.08. The molecule has 2 N–H and O–H groups in total. The molecule has 3 rings (SSSR count). The van der Waals surface area contributed by atoms with Crippen LogP contribution < -0.4 is 10.6 Å². The summed E-state index contributed by atoms with van der Waals surface area (Å²) in [5.74, 6) is -0.150. The monoisotopic (exact) mass is 442 g/mol. The van der Waals surface area contributed by atoms with Crippen molar-refractivity contribution in [3.8, 4) is 0 Å². The first-order valence-electron chi connectivity index (χ1n) is 8.45. The summed E-state index contributed by atoms with van der Waals surface area (Å²) in [5.41, 5.74) is 1.69. The Morgan fingerprint density at radius 2 is 1.74 bits per heavy atom. The quantitative estimate of drug-likeness (QED) is 0.541. The van der Waals surface area contributed by atoms with E-state index in [0.717, 1.165) is 26.0 Å². The zero-order valence-electron chi connectivity index (χ0n) is 14.8. The minimum absolute atomic E-state index is 0.0490. The van der Waals surface area contributed by atoms with Crippen LogP contribution in [0.25, 0.3) is 10.8 Å². The van der Waals surface area contributed by atoms with Gasteiger partial charge in [0.05, 0.1) is 12.3 Å². The van der Waals surface area contributed by atoms with Gasteiger partial charge in [0.2, 0.25) is 11.8 Å². The molecule has 0 aliphatic rings. The second kappa shape index (κ2) is 9.06. The zero-order chi connectivity index (χ0) is 19.2. The standard InChI is InChI=1S/C21H19BrN2O2S/c1-14-10-17(22)7-9-19(14)24-20(25)12-23-21(26)13-27-18-8-6-15-4-2-3-5-16(15)11-18/h2-11H,12-13H2,1H3,(H,23,26)(H,24,25). The largest absolute Gasteiger partial charge is 0.346 e. The lowest BCUT2D eigenvalue weighted by Crippen LogP contribution is -2.34. The topological polar surface area (TPSA) is 58.2 Å². The predicted octanol–water partition coefficient (Wildman–Crippen LogP) is 4.76. The van der Waals surface area contributed by atoms with Crippen molar-refractivity contribution in [2.24, 2.45) is 0 Å². The van der Waals surface area contributed by atoms with Crippen molar-refractivity contribution >= 4 is 56.0 Å². The molecular weight excluding hydrogens is 424 g/mol. The van der Waals surface area contributed by atoms with Gasteiger partial charge in [-0.1, -0.05) is 46.3 Å². The highest BCUT2D eigenvalue weighted by Crippen LogP contribution is 2.23. The molecule has 138 valence electrons. The fourth-order valence-corrected chi connectivity index (χ4v) is 3.85. The minimum Gasteiger partial charge on any atom is -0.346 e. The Morgan fingerprint density at radius 3 is 2.52 bits per heavy atom. The highest BCUT2D eigenvalue weighted by atomic mass is 79.9. The minimum atomic E-state index is -0.246. The molecular formula is C21H19BrN2O2S. The van der Waals surface area contributed by atoms with Crippen molar-refractivity contribution < 1.29 is 9.59 Å². The van der Waals surface area contributed by atoms with Gasteiger partial charge >= 0.3 is 0 Å². The number of hydrogen-bond acceptors (Lipinski definition) is 3. The van der Waals surface area contributed by atoms with Crippen LogP contribution in [-0.4, -0.2) is 24.1 Å². The molecule has 0 atom stereocenters. The molecule has 0 aromatic heterocycles. The lowest BCUT2D eigenvalue weighted by atomic mass is 10.1. The maximum Gasteiger partial charge on any atom is 0.243 e. The predicted molar refractivity (Wildman–Crippen MR) is 115 cm³/mol. The number of amides is 2. The molecule has 0 saturated carbocycles. The zero-order valence-corrected chi connectivity index (χ0v) is 17.2. The van der Waals surface area contributed by atoms with Gasteiger partial charge in [0.1, 0.15) is 0 Å². The number of aryl methyl sites for hydroxylation is 1. The van der Waals surface area contributed by atoms with E-state index in [1.165, 1.54) is 17.1 Å². The van der Waals surface area contributed by atoms with Crippen LogP contribution in [0.3, 0.4) is 0 Å². The lowest BCUT2D eigenvalue weighted by molar-refractivity contribution is -0.122. The van der Waals surface area contributed by atoms with Crippen LogP contribution in [-0.2, 0) is 9.59 Å². The molecule has 0 aliphatic carbocycles. The number of benzene rings is 3. The normalized spacial score (nSPS) is 10.6. The summed E-state index contributed by atoms with van der Waals surface area (Å²) in [4.78, 5) is 25.1. The van der Waals surface area contributed by atoms with Gasteiger partial charge in [-0.2, -0.15) is 0 Å². The van der Waals surface area contributed by atoms with Crippen LogP contribution in [0.1, 0.15) is 5.56 Å². The molecule has 27 heavy (non-hydrogen) atoms. The lowest BCUT2D eigenvalue weighted by Gasteiger charge is -2.10. The fraction of sp³-hybridized carbons (Fsp3) is 0.143. The Balaban J connectivity index is 1.46. The fourth-order valence-electron chi connectivity index (χ4n) is 2.60. The first-order chi connectivity index (χ1) is 13.0. The second-order valence-corrected chi connectivity index (χ2v) is 8.05. The van der Waals surface area contributed by atoms with Crippen LogP contribution in [0.2, 0.25) is 0 Å². The number of rotatable bonds is 6. The van der Waals surface area contributed by atoms with E-state index in [2.05, 4.69) is 38.7 Å². The molecule has 0 radical (unpaired) electrons. The van der Waals surface area contributed by atoms with Crippen LogP contribution in [0.5, 0.6) is 0 Å². The molecule has 0 bridgehead atoms. The van der Waals surface area contributed by atoms with Gasteiger partial charge in [-0.3, -0.25) is 9.59 Å². The first-order valence-corrected chi connectivity index (χ1v) is 10.2. The third-order valence-electron chi connectivity index (χ3n) is 4.00. The van der Waals surface area contributed by atoms with Crippen molar-refractivity contribution in [3.05, 3.63) is 70.7 Å². The number of thioether (sulfide) groups is 1. The molecule has 0 spiro atoms. The SMILES string of the molecule is Cc1cc(Br)ccc1NC(=O)CNC(=O)CSc1ccc2ccccc2c1. The summed E-state index contributed by atoms with van der Waals surface area (Å²) in [6.07, 6.45) is 0. The molecule has 2 amide bonds. The van der Waals surface area contributed by atoms with E-state index in [9.17, 15) is 9.59 Å². The van der Waals surface area contributed by atoms with Gasteiger partial charge in [0.15, 0.2) is 0 Å². The third kappa shape index (κ3) is 5.58. The van der Waals surface area contributed by atoms with Gasteiger partial charge in [0.25, 0.3) is 0 Å². The van der Waals surface area contributed by atoms with Gasteiger partial charge in [-0.05, 0) is 53.6 Å². The summed E-state index contributed by atoms with van der Waals surface area (Å²) in [6, 6.07) is 19.8. The molecule has 6 heteroatoms. The van der Waals surface area contributed by atoms with E-state index in [1.54, 1.807) is 0 Å². The number of anilines is 1. The Hall–Kier alpha value is -2.31. The molecule has 4 nitrogen and oxygen atoms in total. The van der Waals surface area contributed by atoms with Gasteiger partial charge < -0.3 is 10.6 Å². The Kier molecular flexibility index (Phi) is 6.53. The summed E-state index contributed by atoms with van der Waals surface area (Å²) in [6.45, 7) is 1.87. The highest BCUT2D eigenvalue weighted by molar-refractivity contribution is 9.10. The number of nitrogens with one attached hydrogen (secondary N) is 2. The summed E-state index contributed by atoms with van der Waals surface area (Å²) >= 11 is 4.84. The van der Waals surface area contributed by atoms with Crippen molar-refractivity contribution in [3.63, 3.8) is 0 Å². The molecule has 0 fully saturated rings. The Labute approximate surface area is 170 Å². The third-order valence-corrected chi connectivity index (χ3v) is 5.49. The average molecular weight is 443 g/mol. The molecule has 0 unspecified atom stereocenters. The number of carbonyl (C=O) groups excluding carboxylic acids is 2. The molecule has 0 heterocycles. The number of halogens is 1. The van der Waals surface area contributed by atoms with Crippen molar-refractivity contribution in [2.45, 2.75) is 11.8 Å².